The Balaban J connectivity index is 4.26. The molecule has 0 aromatic rings. The Bertz CT molecular complexity index is 128. The van der Waals surface area contributed by atoms with Crippen LogP contribution in [0.15, 0.2) is 0 Å². The molecule has 68 valence electrons. The van der Waals surface area contributed by atoms with Gasteiger partial charge < -0.3 is 0 Å². The second-order valence-electron chi connectivity index (χ2n) is 1.61. The summed E-state index contributed by atoms with van der Waals surface area (Å²) in [6.07, 6.45) is -4.72. The van der Waals surface area contributed by atoms with Gasteiger partial charge in [0.05, 0.1) is 4.43 Å². The Morgan fingerprint density at radius 2 is 1.64 bits per heavy atom. The number of halogens is 6. The first-order chi connectivity index (χ1) is 4.87. The minimum absolute atomic E-state index is 1.06. The largest absolute Gasteiger partial charge is 0.422 e. The summed E-state index contributed by atoms with van der Waals surface area (Å²) in [6, 6.07) is 0. The molecule has 0 spiro atoms. The van der Waals surface area contributed by atoms with E-state index in [-0.39, 0.29) is 0 Å². The van der Waals surface area contributed by atoms with Gasteiger partial charge in [-0.1, -0.05) is 22.6 Å². The van der Waals surface area contributed by atoms with E-state index >= 15 is 0 Å². The van der Waals surface area contributed by atoms with E-state index in [9.17, 15) is 22.0 Å². The van der Waals surface area contributed by atoms with E-state index in [2.05, 4.69) is 4.74 Å². The molecule has 0 aromatic heterocycles. The van der Waals surface area contributed by atoms with Crippen molar-refractivity contribution in [3.8, 4) is 0 Å². The van der Waals surface area contributed by atoms with Crippen LogP contribution in [0.2, 0.25) is 0 Å². The number of ether oxygens (including phenoxy) is 1. The third kappa shape index (κ3) is 2.69. The SMILES string of the molecule is FCOC(F)(F)C(F)(F)CI. The maximum absolute atomic E-state index is 12.1. The molecule has 0 bridgehead atoms. The molecule has 0 radical (unpaired) electrons. The number of alkyl halides is 6. The summed E-state index contributed by atoms with van der Waals surface area (Å²) < 4.78 is 61.0. The van der Waals surface area contributed by atoms with Crippen LogP contribution >= 0.6 is 22.6 Å². The molecule has 7 heteroatoms. The molecular weight excluding hydrogens is 286 g/mol. The van der Waals surface area contributed by atoms with Crippen LogP contribution in [0.4, 0.5) is 22.0 Å². The summed E-state index contributed by atoms with van der Waals surface area (Å²) in [5.74, 6) is -4.32. The zero-order chi connectivity index (χ0) is 9.12. The lowest BCUT2D eigenvalue weighted by molar-refractivity contribution is -0.348. The van der Waals surface area contributed by atoms with Crippen molar-refractivity contribution >= 4 is 22.6 Å². The van der Waals surface area contributed by atoms with E-state index in [0.29, 0.717) is 0 Å². The minimum atomic E-state index is -4.72. The van der Waals surface area contributed by atoms with E-state index in [1.54, 1.807) is 0 Å². The van der Waals surface area contributed by atoms with Crippen molar-refractivity contribution in [1.29, 1.82) is 0 Å². The smallest absolute Gasteiger partial charge is 0.284 e. The maximum atomic E-state index is 12.1. The number of hydrogen-bond donors (Lipinski definition) is 0. The number of rotatable bonds is 4. The third-order valence-corrected chi connectivity index (χ3v) is 1.79. The van der Waals surface area contributed by atoms with E-state index in [1.807, 2.05) is 0 Å². The average molecular weight is 290 g/mol. The van der Waals surface area contributed by atoms with Gasteiger partial charge in [0.25, 0.3) is 0 Å². The fraction of sp³-hybridized carbons (Fsp3) is 1.00. The van der Waals surface area contributed by atoms with Crippen LogP contribution in [-0.2, 0) is 4.74 Å². The number of hydrogen-bond acceptors (Lipinski definition) is 1. The fourth-order valence-corrected chi connectivity index (χ4v) is 0.696. The van der Waals surface area contributed by atoms with Crippen LogP contribution in [0.1, 0.15) is 0 Å². The van der Waals surface area contributed by atoms with Gasteiger partial charge >= 0.3 is 12.0 Å². The van der Waals surface area contributed by atoms with Crippen molar-refractivity contribution in [3.05, 3.63) is 0 Å². The van der Waals surface area contributed by atoms with Crippen molar-refractivity contribution < 1.29 is 26.7 Å². The summed E-state index contributed by atoms with van der Waals surface area (Å²) in [6.45, 7) is -1.93. The predicted octanol–water partition coefficient (Wildman–Crippen LogP) is 2.59. The van der Waals surface area contributed by atoms with Crippen molar-refractivity contribution in [2.24, 2.45) is 0 Å². The van der Waals surface area contributed by atoms with Crippen molar-refractivity contribution in [3.63, 3.8) is 0 Å². The lowest BCUT2D eigenvalue weighted by Crippen LogP contribution is -2.44. The Morgan fingerprint density at radius 1 is 1.18 bits per heavy atom. The molecule has 0 aliphatic carbocycles. The summed E-state index contributed by atoms with van der Waals surface area (Å²) in [5, 5.41) is 0. The molecule has 1 nitrogen and oxygen atoms in total. The van der Waals surface area contributed by atoms with Crippen molar-refractivity contribution in [2.75, 3.05) is 11.3 Å². The molecular formula is C4H4F5IO. The van der Waals surface area contributed by atoms with Gasteiger partial charge in [-0.25, -0.2) is 4.39 Å². The van der Waals surface area contributed by atoms with Gasteiger partial charge in [-0.3, -0.25) is 4.74 Å². The maximum Gasteiger partial charge on any atom is 0.422 e. The molecule has 0 rings (SSSR count). The fourth-order valence-electron chi connectivity index (χ4n) is 0.252. The first-order valence-electron chi connectivity index (χ1n) is 2.39. The third-order valence-electron chi connectivity index (χ3n) is 0.829. The van der Waals surface area contributed by atoms with E-state index in [4.69, 9.17) is 0 Å². The van der Waals surface area contributed by atoms with E-state index in [0.717, 1.165) is 22.6 Å². The van der Waals surface area contributed by atoms with Crippen LogP contribution in [0.5, 0.6) is 0 Å². The zero-order valence-electron chi connectivity index (χ0n) is 5.09. The second-order valence-corrected chi connectivity index (χ2v) is 2.37. The minimum Gasteiger partial charge on any atom is -0.284 e. The highest BCUT2D eigenvalue weighted by molar-refractivity contribution is 14.1. The van der Waals surface area contributed by atoms with Gasteiger partial charge in [-0.15, -0.1) is 0 Å². The van der Waals surface area contributed by atoms with Crippen LogP contribution in [0.3, 0.4) is 0 Å². The summed E-state index contributed by atoms with van der Waals surface area (Å²) in [4.78, 5) is 0. The first-order valence-corrected chi connectivity index (χ1v) is 3.91. The molecule has 0 aliphatic rings. The van der Waals surface area contributed by atoms with Gasteiger partial charge in [-0.2, -0.15) is 17.6 Å². The normalized spacial score (nSPS) is 13.6. The van der Waals surface area contributed by atoms with Crippen LogP contribution in [-0.4, -0.2) is 23.3 Å². The highest BCUT2D eigenvalue weighted by Crippen LogP contribution is 2.36. The Kier molecular flexibility index (Phi) is 3.95. The Morgan fingerprint density at radius 3 is 1.91 bits per heavy atom. The summed E-state index contributed by atoms with van der Waals surface area (Å²) >= 11 is 1.06. The predicted molar refractivity (Wildman–Crippen MR) is 35.8 cm³/mol. The monoisotopic (exact) mass is 290 g/mol. The molecule has 0 unspecified atom stereocenters. The molecule has 0 atom stereocenters. The highest BCUT2D eigenvalue weighted by atomic mass is 127. The van der Waals surface area contributed by atoms with Gasteiger partial charge in [0.15, 0.2) is 6.86 Å². The lowest BCUT2D eigenvalue weighted by atomic mass is 10.4. The first kappa shape index (κ1) is 11.3. The molecule has 11 heavy (non-hydrogen) atoms. The highest BCUT2D eigenvalue weighted by Gasteiger charge is 2.57. The molecule has 0 heterocycles. The standard InChI is InChI=1S/C4H4F5IO/c5-2-11-4(8,9)3(6,7)1-10/h1-2H2. The Hall–Kier alpha value is 0.340. The molecule has 0 amide bonds. The molecule has 0 saturated carbocycles. The Labute approximate surface area is 73.0 Å². The van der Waals surface area contributed by atoms with Crippen LogP contribution < -0.4 is 0 Å². The average Bonchev–Trinajstić information content (AvgIpc) is 1.87. The molecule has 0 N–H and O–H groups in total. The van der Waals surface area contributed by atoms with Gasteiger partial charge in [0, 0.05) is 0 Å². The van der Waals surface area contributed by atoms with Crippen LogP contribution in [0.25, 0.3) is 0 Å². The van der Waals surface area contributed by atoms with E-state index < -0.39 is 23.3 Å². The lowest BCUT2D eigenvalue weighted by Gasteiger charge is -2.22. The van der Waals surface area contributed by atoms with Crippen LogP contribution in [0, 0.1) is 0 Å². The van der Waals surface area contributed by atoms with Gasteiger partial charge in [-0.05, 0) is 0 Å². The molecule has 0 fully saturated rings. The zero-order valence-corrected chi connectivity index (χ0v) is 7.25. The van der Waals surface area contributed by atoms with Gasteiger partial charge in [0.2, 0.25) is 0 Å². The molecule has 0 aliphatic heterocycles. The molecule has 0 aromatic carbocycles. The quantitative estimate of drug-likeness (QED) is 0.439. The summed E-state index contributed by atoms with van der Waals surface area (Å²) in [7, 11) is 0. The summed E-state index contributed by atoms with van der Waals surface area (Å²) in [5.41, 5.74) is 0. The van der Waals surface area contributed by atoms with E-state index in [1.165, 1.54) is 0 Å². The van der Waals surface area contributed by atoms with Gasteiger partial charge in [0.1, 0.15) is 0 Å². The van der Waals surface area contributed by atoms with Crippen molar-refractivity contribution in [1.82, 2.24) is 0 Å². The molecule has 0 saturated heterocycles. The van der Waals surface area contributed by atoms with Crippen molar-refractivity contribution in [2.45, 2.75) is 12.0 Å². The topological polar surface area (TPSA) is 9.23 Å². The second kappa shape index (κ2) is 3.83.